The van der Waals surface area contributed by atoms with Crippen molar-refractivity contribution in [2.45, 2.75) is 84.6 Å². The van der Waals surface area contributed by atoms with E-state index in [1.165, 1.54) is 38.5 Å². The van der Waals surface area contributed by atoms with Crippen LogP contribution in [0.2, 0.25) is 0 Å². The molecule has 0 saturated carbocycles. The molecule has 0 radical (unpaired) electrons. The third kappa shape index (κ3) is 9.86. The largest absolute Gasteiger partial charge is 0.464 e. The van der Waals surface area contributed by atoms with E-state index in [1.807, 2.05) is 0 Å². The van der Waals surface area contributed by atoms with E-state index in [1.54, 1.807) is 13.8 Å². The summed E-state index contributed by atoms with van der Waals surface area (Å²) >= 11 is 0. The summed E-state index contributed by atoms with van der Waals surface area (Å²) in [5, 5.41) is 2.50. The minimum Gasteiger partial charge on any atom is -0.464 e. The van der Waals surface area contributed by atoms with Gasteiger partial charge in [0, 0.05) is 6.07 Å². The number of nitrogens with one attached hydrogen (secondary N) is 1. The Morgan fingerprint density at radius 1 is 0.966 bits per heavy atom. The Labute approximate surface area is 173 Å². The predicted molar refractivity (Wildman–Crippen MR) is 111 cm³/mol. The molecule has 0 aliphatic rings. The van der Waals surface area contributed by atoms with Crippen LogP contribution >= 0.6 is 0 Å². The van der Waals surface area contributed by atoms with Gasteiger partial charge in [-0.3, -0.25) is 4.79 Å². The summed E-state index contributed by atoms with van der Waals surface area (Å²) in [7, 11) is 0. The van der Waals surface area contributed by atoms with Crippen molar-refractivity contribution in [1.82, 2.24) is 5.32 Å². The van der Waals surface area contributed by atoms with Crippen molar-refractivity contribution in [1.29, 1.82) is 0 Å². The van der Waals surface area contributed by atoms with E-state index >= 15 is 0 Å². The van der Waals surface area contributed by atoms with E-state index < -0.39 is 29.6 Å². The molecule has 0 spiro atoms. The minimum absolute atomic E-state index is 0.224. The third-order valence-corrected chi connectivity index (χ3v) is 4.88. The average Bonchev–Trinajstić information content (AvgIpc) is 2.66. The Morgan fingerprint density at radius 3 is 2.10 bits per heavy atom. The molecule has 4 nitrogen and oxygen atoms in total. The lowest BCUT2D eigenvalue weighted by Gasteiger charge is -2.21. The van der Waals surface area contributed by atoms with Gasteiger partial charge < -0.3 is 10.1 Å². The number of esters is 1. The maximum atomic E-state index is 13.8. The topological polar surface area (TPSA) is 55.4 Å². The van der Waals surface area contributed by atoms with E-state index in [-0.39, 0.29) is 11.5 Å². The van der Waals surface area contributed by atoms with Crippen LogP contribution in [0.3, 0.4) is 0 Å². The predicted octanol–water partition coefficient (Wildman–Crippen LogP) is 5.79. The number of amides is 1. The first-order valence-electron chi connectivity index (χ1n) is 10.8. The van der Waals surface area contributed by atoms with Crippen molar-refractivity contribution in [3.05, 3.63) is 35.4 Å². The molecule has 0 heterocycles. The molecule has 1 amide bonds. The highest BCUT2D eigenvalue weighted by Gasteiger charge is 2.27. The van der Waals surface area contributed by atoms with E-state index in [9.17, 15) is 18.4 Å². The van der Waals surface area contributed by atoms with Crippen LogP contribution in [0.4, 0.5) is 8.78 Å². The van der Waals surface area contributed by atoms with Gasteiger partial charge >= 0.3 is 5.97 Å². The molecule has 29 heavy (non-hydrogen) atoms. The summed E-state index contributed by atoms with van der Waals surface area (Å²) < 4.78 is 32.1. The minimum atomic E-state index is -0.965. The second-order valence-corrected chi connectivity index (χ2v) is 7.82. The van der Waals surface area contributed by atoms with Gasteiger partial charge in [-0.15, -0.1) is 0 Å². The summed E-state index contributed by atoms with van der Waals surface area (Å²) in [5.41, 5.74) is -0.302. The number of carbonyl (C=O) groups is 2. The molecule has 1 aromatic rings. The summed E-state index contributed by atoms with van der Waals surface area (Å²) in [4.78, 5) is 24.6. The molecule has 164 valence electrons. The quantitative estimate of drug-likeness (QED) is 0.311. The lowest BCUT2D eigenvalue weighted by molar-refractivity contribution is -0.147. The first-order valence-corrected chi connectivity index (χ1v) is 10.8. The van der Waals surface area contributed by atoms with Crippen LogP contribution in [-0.4, -0.2) is 24.5 Å². The average molecular weight is 412 g/mol. The molecule has 6 heteroatoms. The Kier molecular flexibility index (Phi) is 12.2. The Balaban J connectivity index is 2.34. The molecular formula is C23H35F2NO3. The van der Waals surface area contributed by atoms with Gasteiger partial charge in [0.2, 0.25) is 0 Å². The molecule has 1 rings (SSSR count). The van der Waals surface area contributed by atoms with Crippen molar-refractivity contribution in [3.63, 3.8) is 0 Å². The zero-order chi connectivity index (χ0) is 21.6. The summed E-state index contributed by atoms with van der Waals surface area (Å²) in [6.07, 6.45) is 10.5. The van der Waals surface area contributed by atoms with Crippen molar-refractivity contribution in [2.24, 2.45) is 5.92 Å². The SMILES string of the molecule is CCCCCCCCCCCOC(=O)C(NC(=O)c1ccc(F)cc1F)C(C)C. The van der Waals surface area contributed by atoms with Gasteiger partial charge in [-0.25, -0.2) is 13.6 Å². The second kappa shape index (κ2) is 14.1. The number of hydrogen-bond donors (Lipinski definition) is 1. The van der Waals surface area contributed by atoms with Gasteiger partial charge in [0.15, 0.2) is 0 Å². The molecular weight excluding hydrogens is 376 g/mol. The number of carbonyl (C=O) groups excluding carboxylic acids is 2. The zero-order valence-electron chi connectivity index (χ0n) is 17.9. The molecule has 1 N–H and O–H groups in total. The van der Waals surface area contributed by atoms with E-state index in [4.69, 9.17) is 4.74 Å². The van der Waals surface area contributed by atoms with Gasteiger partial charge in [0.05, 0.1) is 12.2 Å². The maximum Gasteiger partial charge on any atom is 0.328 e. The number of ether oxygens (including phenoxy) is 1. The fraction of sp³-hybridized carbons (Fsp3) is 0.652. The lowest BCUT2D eigenvalue weighted by atomic mass is 10.0. The first kappa shape index (κ1) is 25.1. The second-order valence-electron chi connectivity index (χ2n) is 7.82. The maximum absolute atomic E-state index is 13.8. The molecule has 0 fully saturated rings. The van der Waals surface area contributed by atoms with Gasteiger partial charge in [-0.1, -0.05) is 72.1 Å². The molecule has 0 aliphatic heterocycles. The highest BCUT2D eigenvalue weighted by molar-refractivity contribution is 5.97. The summed E-state index contributed by atoms with van der Waals surface area (Å²) in [5.74, 6) is -3.25. The van der Waals surface area contributed by atoms with Crippen molar-refractivity contribution >= 4 is 11.9 Å². The van der Waals surface area contributed by atoms with Gasteiger partial charge in [0.25, 0.3) is 5.91 Å². The fourth-order valence-electron chi connectivity index (χ4n) is 3.07. The Morgan fingerprint density at radius 2 is 1.55 bits per heavy atom. The van der Waals surface area contributed by atoms with Gasteiger partial charge in [0.1, 0.15) is 17.7 Å². The summed E-state index contributed by atoms with van der Waals surface area (Å²) in [6.45, 7) is 6.05. The van der Waals surface area contributed by atoms with Crippen LogP contribution in [0.15, 0.2) is 18.2 Å². The monoisotopic (exact) mass is 411 g/mol. The van der Waals surface area contributed by atoms with E-state index in [0.717, 1.165) is 31.4 Å². The standard InChI is InChI=1S/C23H35F2NO3/c1-4-5-6-7-8-9-10-11-12-15-29-23(28)21(17(2)3)26-22(27)19-14-13-18(24)16-20(19)25/h13-14,16-17,21H,4-12,15H2,1-3H3,(H,26,27). The number of hydrogen-bond acceptors (Lipinski definition) is 3. The molecule has 1 atom stereocenters. The smallest absolute Gasteiger partial charge is 0.328 e. The molecule has 0 saturated heterocycles. The van der Waals surface area contributed by atoms with Crippen molar-refractivity contribution in [2.75, 3.05) is 6.61 Å². The van der Waals surface area contributed by atoms with Crippen LogP contribution < -0.4 is 5.32 Å². The Bertz CT molecular complexity index is 635. The summed E-state index contributed by atoms with van der Waals surface area (Å²) in [6, 6.07) is 1.82. The van der Waals surface area contributed by atoms with E-state index in [0.29, 0.717) is 12.7 Å². The van der Waals surface area contributed by atoms with Crippen molar-refractivity contribution < 1.29 is 23.1 Å². The van der Waals surface area contributed by atoms with Crippen LogP contribution in [0.1, 0.15) is 88.9 Å². The number of benzene rings is 1. The van der Waals surface area contributed by atoms with Crippen molar-refractivity contribution in [3.8, 4) is 0 Å². The molecule has 0 aliphatic carbocycles. The zero-order valence-corrected chi connectivity index (χ0v) is 17.9. The molecule has 1 aromatic carbocycles. The van der Waals surface area contributed by atoms with Crippen LogP contribution in [-0.2, 0) is 9.53 Å². The Hall–Kier alpha value is -1.98. The number of rotatable bonds is 14. The molecule has 1 unspecified atom stereocenters. The normalized spacial score (nSPS) is 12.1. The van der Waals surface area contributed by atoms with Gasteiger partial charge in [-0.2, -0.15) is 0 Å². The number of halogens is 2. The van der Waals surface area contributed by atoms with E-state index in [2.05, 4.69) is 12.2 Å². The lowest BCUT2D eigenvalue weighted by Crippen LogP contribution is -2.45. The molecule has 0 aromatic heterocycles. The molecule has 0 bridgehead atoms. The third-order valence-electron chi connectivity index (χ3n) is 4.88. The van der Waals surface area contributed by atoms with Gasteiger partial charge in [-0.05, 0) is 24.5 Å². The number of unbranched alkanes of at least 4 members (excludes halogenated alkanes) is 8. The fourth-order valence-corrected chi connectivity index (χ4v) is 3.07. The highest BCUT2D eigenvalue weighted by atomic mass is 19.1. The van der Waals surface area contributed by atoms with Crippen LogP contribution in [0, 0.1) is 17.6 Å². The first-order chi connectivity index (χ1) is 13.9. The van der Waals surface area contributed by atoms with Crippen LogP contribution in [0.25, 0.3) is 0 Å². The highest BCUT2D eigenvalue weighted by Crippen LogP contribution is 2.13. The van der Waals surface area contributed by atoms with Crippen LogP contribution in [0.5, 0.6) is 0 Å².